The molecule has 0 bridgehead atoms. The van der Waals surface area contributed by atoms with Gasteiger partial charge in [-0.3, -0.25) is 14.5 Å². The van der Waals surface area contributed by atoms with Crippen LogP contribution in [0.2, 0.25) is 0 Å². The van der Waals surface area contributed by atoms with Crippen molar-refractivity contribution in [3.63, 3.8) is 0 Å². The molecule has 1 fully saturated rings. The molecule has 1 heterocycles. The van der Waals surface area contributed by atoms with Crippen molar-refractivity contribution in [1.29, 1.82) is 0 Å². The van der Waals surface area contributed by atoms with Crippen LogP contribution in [-0.4, -0.2) is 49.4 Å². The first-order valence-electron chi connectivity index (χ1n) is 7.23. The zero-order valence-corrected chi connectivity index (χ0v) is 12.5. The van der Waals surface area contributed by atoms with Gasteiger partial charge in [0, 0.05) is 7.05 Å². The minimum atomic E-state index is -0.433. The van der Waals surface area contributed by atoms with Gasteiger partial charge in [-0.25, -0.2) is 0 Å². The Labute approximate surface area is 116 Å². The monoisotopic (exact) mass is 269 g/mol. The molecule has 0 saturated carbocycles. The summed E-state index contributed by atoms with van der Waals surface area (Å²) in [6, 6.07) is -0.525. The Morgan fingerprint density at radius 1 is 1.37 bits per heavy atom. The Balaban J connectivity index is 2.67. The lowest BCUT2D eigenvalue weighted by Crippen LogP contribution is -2.55. The molecule has 5 heteroatoms. The van der Waals surface area contributed by atoms with E-state index in [4.69, 9.17) is 0 Å². The summed E-state index contributed by atoms with van der Waals surface area (Å²) in [4.78, 5) is 26.3. The molecule has 19 heavy (non-hydrogen) atoms. The highest BCUT2D eigenvalue weighted by Gasteiger charge is 2.31. The molecule has 1 rings (SSSR count). The summed E-state index contributed by atoms with van der Waals surface area (Å²) in [6.45, 7) is 4.97. The number of carbonyl (C=O) groups is 2. The van der Waals surface area contributed by atoms with Gasteiger partial charge in [-0.1, -0.05) is 26.7 Å². The number of rotatable bonds is 5. The summed E-state index contributed by atoms with van der Waals surface area (Å²) in [5, 5.41) is 5.56. The normalized spacial score (nSPS) is 23.5. The first-order valence-corrected chi connectivity index (χ1v) is 7.23. The van der Waals surface area contributed by atoms with E-state index in [1.165, 1.54) is 0 Å². The molecule has 1 saturated heterocycles. The van der Waals surface area contributed by atoms with Gasteiger partial charge in [-0.2, -0.15) is 0 Å². The van der Waals surface area contributed by atoms with Gasteiger partial charge >= 0.3 is 0 Å². The second-order valence-corrected chi connectivity index (χ2v) is 5.48. The lowest BCUT2D eigenvalue weighted by atomic mass is 9.96. The van der Waals surface area contributed by atoms with Crippen molar-refractivity contribution in [3.8, 4) is 0 Å². The quantitative estimate of drug-likeness (QED) is 0.774. The first-order chi connectivity index (χ1) is 9.01. The van der Waals surface area contributed by atoms with Gasteiger partial charge in [-0.15, -0.1) is 0 Å². The maximum Gasteiger partial charge on any atom is 0.242 e. The van der Waals surface area contributed by atoms with Crippen LogP contribution in [0.5, 0.6) is 0 Å². The van der Waals surface area contributed by atoms with Gasteiger partial charge in [0.2, 0.25) is 11.8 Å². The third-order valence-electron chi connectivity index (χ3n) is 4.11. The van der Waals surface area contributed by atoms with Crippen molar-refractivity contribution in [1.82, 2.24) is 15.5 Å². The van der Waals surface area contributed by atoms with Gasteiger partial charge in [-0.05, 0) is 32.4 Å². The Kier molecular flexibility index (Phi) is 6.28. The molecule has 1 aliphatic rings. The number of hydrogen-bond donors (Lipinski definition) is 2. The minimum Gasteiger partial charge on any atom is -0.357 e. The fourth-order valence-electron chi connectivity index (χ4n) is 2.51. The number of nitrogens with zero attached hydrogens (tertiary/aromatic N) is 1. The minimum absolute atomic E-state index is 0.0175. The van der Waals surface area contributed by atoms with E-state index in [-0.39, 0.29) is 23.8 Å². The number of likely N-dealkylation sites (N-methyl/N-ethyl adjacent to an activating group) is 2. The molecule has 2 amide bonds. The van der Waals surface area contributed by atoms with E-state index < -0.39 is 6.04 Å². The summed E-state index contributed by atoms with van der Waals surface area (Å²) in [5.41, 5.74) is 0. The Hall–Kier alpha value is -1.10. The van der Waals surface area contributed by atoms with Crippen LogP contribution in [0, 0.1) is 5.92 Å². The summed E-state index contributed by atoms with van der Waals surface area (Å²) in [5.74, 6) is 0.00931. The maximum atomic E-state index is 12.3. The highest BCUT2D eigenvalue weighted by Crippen LogP contribution is 2.16. The van der Waals surface area contributed by atoms with Gasteiger partial charge in [0.05, 0.1) is 6.04 Å². The first kappa shape index (κ1) is 16.0. The van der Waals surface area contributed by atoms with E-state index in [1.807, 2.05) is 20.9 Å². The SMILES string of the molecule is CC[C@H](C)[C@H](NC(=O)[C@H]1CCCCN1C)C(=O)NC. The third kappa shape index (κ3) is 4.20. The topological polar surface area (TPSA) is 61.4 Å². The van der Waals surface area contributed by atoms with E-state index in [0.29, 0.717) is 0 Å². The lowest BCUT2D eigenvalue weighted by molar-refractivity contribution is -0.133. The van der Waals surface area contributed by atoms with Gasteiger partial charge < -0.3 is 10.6 Å². The number of nitrogens with one attached hydrogen (secondary N) is 2. The maximum absolute atomic E-state index is 12.3. The van der Waals surface area contributed by atoms with E-state index in [9.17, 15) is 9.59 Å². The zero-order valence-electron chi connectivity index (χ0n) is 12.5. The number of likely N-dealkylation sites (tertiary alicyclic amines) is 1. The van der Waals surface area contributed by atoms with Crippen molar-refractivity contribution in [2.24, 2.45) is 5.92 Å². The largest absolute Gasteiger partial charge is 0.357 e. The molecule has 0 radical (unpaired) electrons. The molecule has 2 N–H and O–H groups in total. The second kappa shape index (κ2) is 7.48. The van der Waals surface area contributed by atoms with E-state index >= 15 is 0 Å². The van der Waals surface area contributed by atoms with Crippen molar-refractivity contribution in [2.75, 3.05) is 20.6 Å². The zero-order chi connectivity index (χ0) is 14.4. The molecule has 0 aliphatic carbocycles. The Morgan fingerprint density at radius 3 is 2.58 bits per heavy atom. The Morgan fingerprint density at radius 2 is 2.05 bits per heavy atom. The molecule has 5 nitrogen and oxygen atoms in total. The smallest absolute Gasteiger partial charge is 0.242 e. The molecule has 0 unspecified atom stereocenters. The molecule has 0 aromatic rings. The van der Waals surface area contributed by atoms with E-state index in [0.717, 1.165) is 32.2 Å². The highest BCUT2D eigenvalue weighted by atomic mass is 16.2. The number of hydrogen-bond acceptors (Lipinski definition) is 3. The fraction of sp³-hybridized carbons (Fsp3) is 0.857. The van der Waals surface area contributed by atoms with Crippen LogP contribution in [0.3, 0.4) is 0 Å². The average Bonchev–Trinajstić information content (AvgIpc) is 2.43. The molecule has 0 aromatic heterocycles. The van der Waals surface area contributed by atoms with Crippen LogP contribution in [0.1, 0.15) is 39.5 Å². The van der Waals surface area contributed by atoms with Crippen LogP contribution >= 0.6 is 0 Å². The summed E-state index contributed by atoms with van der Waals surface area (Å²) >= 11 is 0. The third-order valence-corrected chi connectivity index (χ3v) is 4.11. The Bertz CT molecular complexity index is 320. The molecule has 1 aliphatic heterocycles. The summed E-state index contributed by atoms with van der Waals surface area (Å²) in [7, 11) is 3.58. The van der Waals surface area contributed by atoms with Crippen LogP contribution in [0.25, 0.3) is 0 Å². The van der Waals surface area contributed by atoms with Gasteiger partial charge in [0.15, 0.2) is 0 Å². The standard InChI is InChI=1S/C14H27N3O2/c1-5-10(2)12(14(19)15-3)16-13(18)11-8-6-7-9-17(11)4/h10-12H,5-9H2,1-4H3,(H,15,19)(H,16,18)/t10-,11+,12-/m0/s1. The fourth-order valence-corrected chi connectivity index (χ4v) is 2.51. The molecular formula is C14H27N3O2. The second-order valence-electron chi connectivity index (χ2n) is 5.48. The van der Waals surface area contributed by atoms with E-state index in [2.05, 4.69) is 15.5 Å². The van der Waals surface area contributed by atoms with Crippen LogP contribution in [0.4, 0.5) is 0 Å². The number of amides is 2. The molecule has 0 spiro atoms. The van der Waals surface area contributed by atoms with Crippen molar-refractivity contribution in [3.05, 3.63) is 0 Å². The van der Waals surface area contributed by atoms with Crippen molar-refractivity contribution >= 4 is 11.8 Å². The molecule has 110 valence electrons. The molecular weight excluding hydrogens is 242 g/mol. The molecule has 3 atom stereocenters. The molecule has 0 aromatic carbocycles. The summed E-state index contributed by atoms with van der Waals surface area (Å²) < 4.78 is 0. The van der Waals surface area contributed by atoms with Crippen LogP contribution < -0.4 is 10.6 Å². The summed E-state index contributed by atoms with van der Waals surface area (Å²) in [6.07, 6.45) is 3.96. The predicted molar refractivity (Wildman–Crippen MR) is 75.7 cm³/mol. The van der Waals surface area contributed by atoms with E-state index in [1.54, 1.807) is 7.05 Å². The number of piperidine rings is 1. The predicted octanol–water partition coefficient (Wildman–Crippen LogP) is 0.748. The highest BCUT2D eigenvalue weighted by molar-refractivity contribution is 5.89. The van der Waals surface area contributed by atoms with Crippen molar-refractivity contribution in [2.45, 2.75) is 51.6 Å². The van der Waals surface area contributed by atoms with Crippen LogP contribution in [0.15, 0.2) is 0 Å². The van der Waals surface area contributed by atoms with Crippen molar-refractivity contribution < 1.29 is 9.59 Å². The lowest BCUT2D eigenvalue weighted by Gasteiger charge is -2.33. The van der Waals surface area contributed by atoms with Gasteiger partial charge in [0.1, 0.15) is 6.04 Å². The average molecular weight is 269 g/mol. The number of carbonyl (C=O) groups excluding carboxylic acids is 2. The van der Waals surface area contributed by atoms with Crippen LogP contribution in [-0.2, 0) is 9.59 Å². The van der Waals surface area contributed by atoms with Gasteiger partial charge in [0.25, 0.3) is 0 Å².